The highest BCUT2D eigenvalue weighted by Gasteiger charge is 2.38. The molecule has 0 bridgehead atoms. The third kappa shape index (κ3) is 5.15. The van der Waals surface area contributed by atoms with E-state index in [1.807, 2.05) is 32.9 Å². The zero-order valence-corrected chi connectivity index (χ0v) is 15.8. The number of nitrogens with zero attached hydrogens (tertiary/aromatic N) is 1. The van der Waals surface area contributed by atoms with Gasteiger partial charge in [0.2, 0.25) is 0 Å². The van der Waals surface area contributed by atoms with Crippen LogP contribution in [0.4, 0.5) is 4.79 Å². The van der Waals surface area contributed by atoms with Gasteiger partial charge in [-0.25, -0.2) is 4.79 Å². The first-order chi connectivity index (χ1) is 9.33. The second kappa shape index (κ2) is 6.13. The van der Waals surface area contributed by atoms with Gasteiger partial charge in [-0.3, -0.25) is 4.90 Å². The molecule has 0 aromatic rings. The van der Waals surface area contributed by atoms with Gasteiger partial charge in [-0.05, 0) is 38.9 Å². The molecule has 122 valence electrons. The molecule has 0 aromatic heterocycles. The largest absolute Gasteiger partial charge is 0.444 e. The molecule has 0 saturated heterocycles. The molecule has 1 rings (SSSR count). The van der Waals surface area contributed by atoms with Crippen molar-refractivity contribution in [1.29, 1.82) is 0 Å². The third-order valence-corrected chi connectivity index (χ3v) is 8.61. The Hall–Kier alpha value is -0.813. The predicted octanol–water partition coefficient (Wildman–Crippen LogP) is 4.18. The van der Waals surface area contributed by atoms with Gasteiger partial charge in [0, 0.05) is 6.54 Å². The molecule has 0 aromatic carbocycles. The van der Waals surface area contributed by atoms with Crippen LogP contribution in [0.25, 0.3) is 0 Å². The molecule has 1 atom stereocenters. The number of ether oxygens (including phenoxy) is 1. The maximum Gasteiger partial charge on any atom is 0.411 e. The summed E-state index contributed by atoms with van der Waals surface area (Å²) in [4.78, 5) is 13.9. The maximum absolute atomic E-state index is 12.2. The normalized spacial score (nSPS) is 20.0. The Morgan fingerprint density at radius 2 is 1.81 bits per heavy atom. The van der Waals surface area contributed by atoms with Crippen LogP contribution in [0.2, 0.25) is 18.1 Å². The molecule has 0 N–H and O–H groups in total. The predicted molar refractivity (Wildman–Crippen MR) is 89.0 cm³/mol. The van der Waals surface area contributed by atoms with E-state index in [-0.39, 0.29) is 17.2 Å². The lowest BCUT2D eigenvalue weighted by Crippen LogP contribution is -2.47. The van der Waals surface area contributed by atoms with Crippen molar-refractivity contribution in [2.45, 2.75) is 71.3 Å². The number of carbonyl (C=O) groups is 1. The standard InChI is InChI=1S/C16H31NO3Si/c1-15(2,3)20-14(18)17-11-9-10-13(17)12-19-21(7,8)16(4,5)6/h9-10,13H,11-12H2,1-8H3/t13-/m0/s1. The quantitative estimate of drug-likeness (QED) is 0.579. The summed E-state index contributed by atoms with van der Waals surface area (Å²) in [6.07, 6.45) is 3.78. The monoisotopic (exact) mass is 313 g/mol. The first-order valence-corrected chi connectivity index (χ1v) is 10.5. The van der Waals surface area contributed by atoms with Crippen LogP contribution in [0, 0.1) is 0 Å². The van der Waals surface area contributed by atoms with Crippen LogP contribution < -0.4 is 0 Å². The third-order valence-electron chi connectivity index (χ3n) is 4.11. The molecule has 0 saturated carbocycles. The van der Waals surface area contributed by atoms with Gasteiger partial charge in [0.05, 0.1) is 12.6 Å². The van der Waals surface area contributed by atoms with Crippen molar-refractivity contribution in [1.82, 2.24) is 4.90 Å². The van der Waals surface area contributed by atoms with E-state index in [1.54, 1.807) is 4.90 Å². The Kier molecular flexibility index (Phi) is 5.32. The SMILES string of the molecule is CC(C)(C)OC(=O)N1CC=C[C@H]1CO[Si](C)(C)C(C)(C)C. The fraction of sp³-hybridized carbons (Fsp3) is 0.812. The molecule has 1 amide bonds. The molecule has 0 fully saturated rings. The summed E-state index contributed by atoms with van der Waals surface area (Å²) in [6.45, 7) is 17.9. The van der Waals surface area contributed by atoms with Crippen LogP contribution in [0.3, 0.4) is 0 Å². The van der Waals surface area contributed by atoms with E-state index in [1.165, 1.54) is 0 Å². The van der Waals surface area contributed by atoms with Crippen molar-refractivity contribution < 1.29 is 14.0 Å². The average Bonchev–Trinajstić information content (AvgIpc) is 2.70. The highest BCUT2D eigenvalue weighted by Crippen LogP contribution is 2.36. The fourth-order valence-corrected chi connectivity index (χ4v) is 2.78. The minimum atomic E-state index is -1.80. The maximum atomic E-state index is 12.2. The minimum Gasteiger partial charge on any atom is -0.444 e. The number of amides is 1. The Labute approximate surface area is 130 Å². The Morgan fingerprint density at radius 3 is 2.29 bits per heavy atom. The number of rotatable bonds is 3. The summed E-state index contributed by atoms with van der Waals surface area (Å²) >= 11 is 0. The molecular weight excluding hydrogens is 282 g/mol. The molecule has 0 radical (unpaired) electrons. The van der Waals surface area contributed by atoms with Gasteiger partial charge in [-0.1, -0.05) is 32.9 Å². The van der Waals surface area contributed by atoms with Crippen LogP contribution in [0.15, 0.2) is 12.2 Å². The van der Waals surface area contributed by atoms with Gasteiger partial charge in [0.15, 0.2) is 8.32 Å². The molecule has 5 heteroatoms. The molecule has 4 nitrogen and oxygen atoms in total. The Bertz CT molecular complexity index is 405. The van der Waals surface area contributed by atoms with E-state index in [9.17, 15) is 4.79 Å². The van der Waals surface area contributed by atoms with E-state index in [0.29, 0.717) is 13.2 Å². The van der Waals surface area contributed by atoms with Gasteiger partial charge >= 0.3 is 6.09 Å². The molecule has 0 spiro atoms. The Morgan fingerprint density at radius 1 is 1.24 bits per heavy atom. The molecule has 1 heterocycles. The smallest absolute Gasteiger partial charge is 0.411 e. The topological polar surface area (TPSA) is 38.8 Å². The molecule has 1 aliphatic rings. The highest BCUT2D eigenvalue weighted by atomic mass is 28.4. The Balaban J connectivity index is 2.63. The van der Waals surface area contributed by atoms with Gasteiger partial charge in [0.1, 0.15) is 5.60 Å². The van der Waals surface area contributed by atoms with Crippen LogP contribution in [-0.2, 0) is 9.16 Å². The van der Waals surface area contributed by atoms with E-state index in [2.05, 4.69) is 33.9 Å². The molecule has 0 unspecified atom stereocenters. The van der Waals surface area contributed by atoms with Crippen LogP contribution >= 0.6 is 0 Å². The lowest BCUT2D eigenvalue weighted by Gasteiger charge is -2.38. The number of hydrogen-bond donors (Lipinski definition) is 0. The van der Waals surface area contributed by atoms with E-state index < -0.39 is 13.9 Å². The van der Waals surface area contributed by atoms with Crippen LogP contribution in [0.1, 0.15) is 41.5 Å². The fourth-order valence-electron chi connectivity index (χ4n) is 1.76. The number of hydrogen-bond acceptors (Lipinski definition) is 3. The zero-order chi connectivity index (χ0) is 16.5. The van der Waals surface area contributed by atoms with Crippen molar-refractivity contribution in [3.8, 4) is 0 Å². The van der Waals surface area contributed by atoms with E-state index in [0.717, 1.165) is 0 Å². The van der Waals surface area contributed by atoms with Gasteiger partial charge in [0.25, 0.3) is 0 Å². The second-order valence-corrected chi connectivity index (χ2v) is 13.0. The summed E-state index contributed by atoms with van der Waals surface area (Å²) in [5.41, 5.74) is -0.468. The van der Waals surface area contributed by atoms with E-state index >= 15 is 0 Å². The van der Waals surface area contributed by atoms with Crippen molar-refractivity contribution in [2.24, 2.45) is 0 Å². The van der Waals surface area contributed by atoms with Crippen molar-refractivity contribution >= 4 is 14.4 Å². The van der Waals surface area contributed by atoms with Gasteiger partial charge < -0.3 is 9.16 Å². The summed E-state index contributed by atoms with van der Waals surface area (Å²) in [7, 11) is -1.80. The first kappa shape index (κ1) is 18.2. The second-order valence-electron chi connectivity index (χ2n) is 8.20. The average molecular weight is 314 g/mol. The van der Waals surface area contributed by atoms with Crippen LogP contribution in [0.5, 0.6) is 0 Å². The highest BCUT2D eigenvalue weighted by molar-refractivity contribution is 6.74. The summed E-state index contributed by atoms with van der Waals surface area (Å²) in [6, 6.07) is -0.0195. The zero-order valence-electron chi connectivity index (χ0n) is 14.8. The molecule has 1 aliphatic heterocycles. The first-order valence-electron chi connectivity index (χ1n) is 7.64. The van der Waals surface area contributed by atoms with Crippen molar-refractivity contribution in [2.75, 3.05) is 13.2 Å². The molecule has 21 heavy (non-hydrogen) atoms. The lowest BCUT2D eigenvalue weighted by atomic mass is 10.2. The van der Waals surface area contributed by atoms with Crippen molar-refractivity contribution in [3.05, 3.63) is 12.2 Å². The van der Waals surface area contributed by atoms with Gasteiger partial charge in [-0.15, -0.1) is 0 Å². The lowest BCUT2D eigenvalue weighted by molar-refractivity contribution is 0.0203. The summed E-state index contributed by atoms with van der Waals surface area (Å²) < 4.78 is 11.7. The number of carbonyl (C=O) groups excluding carboxylic acids is 1. The summed E-state index contributed by atoms with van der Waals surface area (Å²) in [5, 5.41) is 0.173. The van der Waals surface area contributed by atoms with Crippen LogP contribution in [-0.4, -0.2) is 44.1 Å². The minimum absolute atomic E-state index is 0.0195. The molecule has 0 aliphatic carbocycles. The summed E-state index contributed by atoms with van der Waals surface area (Å²) in [5.74, 6) is 0. The van der Waals surface area contributed by atoms with Crippen molar-refractivity contribution in [3.63, 3.8) is 0 Å². The van der Waals surface area contributed by atoms with E-state index in [4.69, 9.17) is 9.16 Å². The van der Waals surface area contributed by atoms with Gasteiger partial charge in [-0.2, -0.15) is 0 Å². The molecular formula is C16H31NO3Si.